The van der Waals surface area contributed by atoms with Gasteiger partial charge >= 0.3 is 6.61 Å². The topological polar surface area (TPSA) is 82.4 Å². The molecule has 152 valence electrons. The first kappa shape index (κ1) is 21.8. The number of nitrogens with one attached hydrogen (secondary N) is 1. The van der Waals surface area contributed by atoms with Crippen LogP contribution < -0.4 is 15.0 Å². The van der Waals surface area contributed by atoms with Crippen molar-refractivity contribution in [2.24, 2.45) is 0 Å². The van der Waals surface area contributed by atoms with E-state index in [0.717, 1.165) is 0 Å². The molecule has 0 heterocycles. The maximum Gasteiger partial charge on any atom is 0.387 e. The average Bonchev–Trinajstić information content (AvgIpc) is 2.71. The number of rotatable bonds is 10. The van der Waals surface area contributed by atoms with Gasteiger partial charge in [0.05, 0.1) is 12.5 Å². The lowest BCUT2D eigenvalue weighted by atomic mass is 10.2. The molecule has 0 aliphatic carbocycles. The molecule has 0 spiro atoms. The van der Waals surface area contributed by atoms with Crippen molar-refractivity contribution in [3.05, 3.63) is 60.2 Å². The molecule has 2 rings (SSSR count). The summed E-state index contributed by atoms with van der Waals surface area (Å²) in [5, 5.41) is 11.5. The summed E-state index contributed by atoms with van der Waals surface area (Å²) < 4.78 is 28.8. The first-order valence-electron chi connectivity index (χ1n) is 9.02. The summed E-state index contributed by atoms with van der Waals surface area (Å²) in [5.74, 6) is -0.585. The van der Waals surface area contributed by atoms with Crippen LogP contribution in [-0.2, 0) is 16.1 Å². The number of alkyl halides is 2. The Morgan fingerprint density at radius 2 is 1.86 bits per heavy atom. The Morgan fingerprint density at radius 3 is 2.55 bits per heavy atom. The van der Waals surface area contributed by atoms with Gasteiger partial charge in [0.1, 0.15) is 5.75 Å². The van der Waals surface area contributed by atoms with E-state index in [-0.39, 0.29) is 49.9 Å². The molecule has 0 unspecified atom stereocenters. The molecule has 1 N–H and O–H groups in total. The molecule has 2 aromatic carbocycles. The molecule has 6 nitrogen and oxygen atoms in total. The molecule has 0 aliphatic heterocycles. The number of halogens is 2. The Morgan fingerprint density at radius 1 is 1.10 bits per heavy atom. The number of hydrogen-bond donors (Lipinski definition) is 1. The standard InChI is InChI=1S/C21H21F2N3O3/c22-21(23)29-18-9-4-6-16(14-18)15-25-19(27)10-11-20(28)26(13-5-12-24)17-7-2-1-3-8-17/h1-4,6-9,14,21H,5,10-11,13,15H2,(H,25,27). The number of carbonyl (C=O) groups excluding carboxylic acids is 2. The molecular weight excluding hydrogens is 380 g/mol. The van der Waals surface area contributed by atoms with Crippen molar-refractivity contribution in [3.8, 4) is 11.8 Å². The largest absolute Gasteiger partial charge is 0.435 e. The van der Waals surface area contributed by atoms with E-state index < -0.39 is 6.61 Å². The highest BCUT2D eigenvalue weighted by Crippen LogP contribution is 2.17. The summed E-state index contributed by atoms with van der Waals surface area (Å²) in [7, 11) is 0. The average molecular weight is 401 g/mol. The van der Waals surface area contributed by atoms with Gasteiger partial charge in [0.25, 0.3) is 0 Å². The highest BCUT2D eigenvalue weighted by molar-refractivity contribution is 5.95. The normalized spacial score (nSPS) is 10.3. The molecule has 0 atom stereocenters. The van der Waals surface area contributed by atoms with Crippen molar-refractivity contribution in [1.29, 1.82) is 5.26 Å². The number of benzene rings is 2. The molecule has 0 saturated carbocycles. The summed E-state index contributed by atoms with van der Waals surface area (Å²) in [6.45, 7) is -2.54. The van der Waals surface area contributed by atoms with Gasteiger partial charge in [-0.1, -0.05) is 30.3 Å². The Hall–Kier alpha value is -3.47. The van der Waals surface area contributed by atoms with E-state index in [9.17, 15) is 18.4 Å². The minimum atomic E-state index is -2.92. The third-order valence-corrected chi connectivity index (χ3v) is 4.00. The van der Waals surface area contributed by atoms with Gasteiger partial charge in [-0.15, -0.1) is 0 Å². The van der Waals surface area contributed by atoms with E-state index in [2.05, 4.69) is 10.1 Å². The Labute approximate surface area is 167 Å². The van der Waals surface area contributed by atoms with Crippen LogP contribution in [0.2, 0.25) is 0 Å². The van der Waals surface area contributed by atoms with Gasteiger partial charge in [0.2, 0.25) is 11.8 Å². The number of nitrogens with zero attached hydrogens (tertiary/aromatic N) is 2. The second kappa shape index (κ2) is 11.4. The fourth-order valence-corrected chi connectivity index (χ4v) is 2.64. The van der Waals surface area contributed by atoms with E-state index in [0.29, 0.717) is 11.3 Å². The van der Waals surface area contributed by atoms with Gasteiger partial charge in [-0.05, 0) is 29.8 Å². The van der Waals surface area contributed by atoms with Crippen molar-refractivity contribution < 1.29 is 23.1 Å². The smallest absolute Gasteiger partial charge is 0.387 e. The van der Waals surface area contributed by atoms with Crippen molar-refractivity contribution in [2.75, 3.05) is 11.4 Å². The number of hydrogen-bond acceptors (Lipinski definition) is 4. The highest BCUT2D eigenvalue weighted by Gasteiger charge is 2.16. The zero-order chi connectivity index (χ0) is 21.1. The second-order valence-electron chi connectivity index (χ2n) is 6.09. The van der Waals surface area contributed by atoms with Crippen LogP contribution in [0.4, 0.5) is 14.5 Å². The molecular formula is C21H21F2N3O3. The lowest BCUT2D eigenvalue weighted by Gasteiger charge is -2.21. The number of nitriles is 1. The van der Waals surface area contributed by atoms with Gasteiger partial charge in [-0.3, -0.25) is 9.59 Å². The van der Waals surface area contributed by atoms with Gasteiger partial charge in [-0.25, -0.2) is 0 Å². The molecule has 29 heavy (non-hydrogen) atoms. The highest BCUT2D eigenvalue weighted by atomic mass is 19.3. The Balaban J connectivity index is 1.85. The molecule has 0 bridgehead atoms. The van der Waals surface area contributed by atoms with Crippen LogP contribution >= 0.6 is 0 Å². The third-order valence-electron chi connectivity index (χ3n) is 4.00. The van der Waals surface area contributed by atoms with E-state index in [4.69, 9.17) is 5.26 Å². The summed E-state index contributed by atoms with van der Waals surface area (Å²) >= 11 is 0. The van der Waals surface area contributed by atoms with Gasteiger partial charge in [0.15, 0.2) is 0 Å². The van der Waals surface area contributed by atoms with Crippen LogP contribution in [0.5, 0.6) is 5.75 Å². The number of carbonyl (C=O) groups is 2. The zero-order valence-electron chi connectivity index (χ0n) is 15.7. The van der Waals surface area contributed by atoms with Crippen molar-refractivity contribution in [2.45, 2.75) is 32.4 Å². The van der Waals surface area contributed by atoms with E-state index >= 15 is 0 Å². The minimum Gasteiger partial charge on any atom is -0.435 e. The first-order valence-corrected chi connectivity index (χ1v) is 9.02. The van der Waals surface area contributed by atoms with Crippen LogP contribution in [0.15, 0.2) is 54.6 Å². The maximum atomic E-state index is 12.5. The maximum absolute atomic E-state index is 12.5. The van der Waals surface area contributed by atoms with Crippen molar-refractivity contribution in [3.63, 3.8) is 0 Å². The third kappa shape index (κ3) is 7.58. The zero-order valence-corrected chi connectivity index (χ0v) is 15.7. The molecule has 0 aliphatic rings. The van der Waals surface area contributed by atoms with E-state index in [1.165, 1.54) is 17.0 Å². The van der Waals surface area contributed by atoms with E-state index in [1.807, 2.05) is 12.1 Å². The Bertz CT molecular complexity index is 854. The minimum absolute atomic E-state index is 0.0120. The summed E-state index contributed by atoms with van der Waals surface area (Å²) in [6, 6.07) is 17.0. The first-order chi connectivity index (χ1) is 14.0. The summed E-state index contributed by atoms with van der Waals surface area (Å²) in [4.78, 5) is 26.1. The van der Waals surface area contributed by atoms with E-state index in [1.54, 1.807) is 36.4 Å². The van der Waals surface area contributed by atoms with Gasteiger partial charge in [0, 0.05) is 31.6 Å². The van der Waals surface area contributed by atoms with Gasteiger partial charge < -0.3 is 15.0 Å². The number of ether oxygens (including phenoxy) is 1. The molecule has 2 aromatic rings. The van der Waals surface area contributed by atoms with Crippen molar-refractivity contribution >= 4 is 17.5 Å². The fraction of sp³-hybridized carbons (Fsp3) is 0.286. The van der Waals surface area contributed by atoms with Crippen LogP contribution in [-0.4, -0.2) is 25.0 Å². The van der Waals surface area contributed by atoms with Crippen LogP contribution in [0, 0.1) is 11.3 Å². The summed E-state index contributed by atoms with van der Waals surface area (Å²) in [5.41, 5.74) is 1.27. The predicted octanol–water partition coefficient (Wildman–Crippen LogP) is 3.63. The lowest BCUT2D eigenvalue weighted by Crippen LogP contribution is -2.33. The SMILES string of the molecule is N#CCCN(C(=O)CCC(=O)NCc1cccc(OC(F)F)c1)c1ccccc1. The van der Waals surface area contributed by atoms with Crippen LogP contribution in [0.3, 0.4) is 0 Å². The number of para-hydroxylation sites is 1. The molecule has 0 radical (unpaired) electrons. The lowest BCUT2D eigenvalue weighted by molar-refractivity contribution is -0.125. The molecule has 0 fully saturated rings. The molecule has 2 amide bonds. The quantitative estimate of drug-likeness (QED) is 0.659. The monoisotopic (exact) mass is 401 g/mol. The van der Waals surface area contributed by atoms with Crippen LogP contribution in [0.25, 0.3) is 0 Å². The molecule has 0 aromatic heterocycles. The fourth-order valence-electron chi connectivity index (χ4n) is 2.64. The molecule has 8 heteroatoms. The second-order valence-corrected chi connectivity index (χ2v) is 6.09. The van der Waals surface area contributed by atoms with Crippen molar-refractivity contribution in [1.82, 2.24) is 5.32 Å². The Kier molecular flexibility index (Phi) is 8.57. The van der Waals surface area contributed by atoms with Gasteiger partial charge in [-0.2, -0.15) is 14.0 Å². The summed E-state index contributed by atoms with van der Waals surface area (Å²) in [6.07, 6.45) is 0.145. The molecule has 0 saturated heterocycles. The predicted molar refractivity (Wildman–Crippen MR) is 103 cm³/mol. The number of amides is 2. The van der Waals surface area contributed by atoms with Crippen LogP contribution in [0.1, 0.15) is 24.8 Å². The number of anilines is 1.